The third kappa shape index (κ3) is 3.10. The average Bonchev–Trinajstić information content (AvgIpc) is 2.36. The first kappa shape index (κ1) is 14.8. The molecule has 0 fully saturated rings. The van der Waals surface area contributed by atoms with Gasteiger partial charge in [-0.25, -0.2) is 0 Å². The van der Waals surface area contributed by atoms with Gasteiger partial charge in [0.25, 0.3) is 0 Å². The van der Waals surface area contributed by atoms with Gasteiger partial charge in [-0.05, 0) is 55.7 Å². The molecule has 0 unspecified atom stereocenters. The van der Waals surface area contributed by atoms with Crippen LogP contribution in [0.5, 0.6) is 0 Å². The van der Waals surface area contributed by atoms with E-state index in [0.29, 0.717) is 17.7 Å². The Balaban J connectivity index is 2.35. The van der Waals surface area contributed by atoms with Gasteiger partial charge in [0.05, 0.1) is 0 Å². The number of benzene rings is 2. The first-order valence-corrected chi connectivity index (χ1v) is 7.32. The molecule has 0 aliphatic rings. The zero-order chi connectivity index (χ0) is 14.9. The molecule has 0 saturated heterocycles. The van der Waals surface area contributed by atoms with Gasteiger partial charge < -0.3 is 5.73 Å². The molecule has 0 saturated carbocycles. The maximum absolute atomic E-state index is 12.5. The molecule has 2 aromatic rings. The van der Waals surface area contributed by atoms with Crippen LogP contribution in [0.25, 0.3) is 0 Å². The average molecular weight is 332 g/mol. The third-order valence-corrected chi connectivity index (χ3v) is 4.16. The second-order valence-corrected chi connectivity index (χ2v) is 6.07. The minimum atomic E-state index is 0.0826. The Hall–Kier alpha value is -1.61. The van der Waals surface area contributed by atoms with Crippen LogP contribution in [0.15, 0.2) is 34.8 Å². The lowest BCUT2D eigenvalue weighted by atomic mass is 9.94. The molecule has 2 rings (SSSR count). The van der Waals surface area contributed by atoms with E-state index in [-0.39, 0.29) is 5.78 Å². The number of hydrogen-bond acceptors (Lipinski definition) is 2. The van der Waals surface area contributed by atoms with Crippen molar-refractivity contribution in [3.05, 3.63) is 62.6 Å². The fourth-order valence-electron chi connectivity index (χ4n) is 2.50. The van der Waals surface area contributed by atoms with Crippen LogP contribution in [0.2, 0.25) is 0 Å². The summed E-state index contributed by atoms with van der Waals surface area (Å²) in [6.45, 7) is 6.17. The minimum absolute atomic E-state index is 0.0826. The van der Waals surface area contributed by atoms with Gasteiger partial charge in [-0.2, -0.15) is 0 Å². The highest BCUT2D eigenvalue weighted by atomic mass is 79.9. The molecule has 2 aromatic carbocycles. The van der Waals surface area contributed by atoms with Crippen molar-refractivity contribution in [2.75, 3.05) is 5.73 Å². The van der Waals surface area contributed by atoms with Gasteiger partial charge in [-0.15, -0.1) is 0 Å². The zero-order valence-corrected chi connectivity index (χ0v) is 13.5. The van der Waals surface area contributed by atoms with Crippen molar-refractivity contribution in [3.8, 4) is 0 Å². The van der Waals surface area contributed by atoms with Gasteiger partial charge in [-0.1, -0.05) is 33.6 Å². The van der Waals surface area contributed by atoms with Gasteiger partial charge >= 0.3 is 0 Å². The van der Waals surface area contributed by atoms with Crippen molar-refractivity contribution in [3.63, 3.8) is 0 Å². The van der Waals surface area contributed by atoms with E-state index in [1.165, 1.54) is 5.56 Å². The largest absolute Gasteiger partial charge is 0.399 e. The fraction of sp³-hybridized carbons (Fsp3) is 0.235. The van der Waals surface area contributed by atoms with E-state index >= 15 is 0 Å². The summed E-state index contributed by atoms with van der Waals surface area (Å²) >= 11 is 3.42. The lowest BCUT2D eigenvalue weighted by molar-refractivity contribution is 0.0992. The predicted molar refractivity (Wildman–Crippen MR) is 87.2 cm³/mol. The van der Waals surface area contributed by atoms with E-state index in [0.717, 1.165) is 21.2 Å². The summed E-state index contributed by atoms with van der Waals surface area (Å²) in [4.78, 5) is 12.5. The Morgan fingerprint density at radius 2 is 1.70 bits per heavy atom. The summed E-state index contributed by atoms with van der Waals surface area (Å²) in [5.74, 6) is 0.0826. The molecule has 0 spiro atoms. The van der Waals surface area contributed by atoms with Crippen molar-refractivity contribution < 1.29 is 4.79 Å². The molecule has 3 heteroatoms. The number of halogens is 1. The van der Waals surface area contributed by atoms with Crippen LogP contribution < -0.4 is 5.73 Å². The van der Waals surface area contributed by atoms with Crippen molar-refractivity contribution in [2.24, 2.45) is 0 Å². The Bertz CT molecular complexity index is 654. The van der Waals surface area contributed by atoms with Crippen LogP contribution in [0, 0.1) is 20.8 Å². The smallest absolute Gasteiger partial charge is 0.168 e. The molecule has 20 heavy (non-hydrogen) atoms. The number of nitrogens with two attached hydrogens (primary N) is 1. The molecule has 2 nitrogen and oxygen atoms in total. The highest BCUT2D eigenvalue weighted by Gasteiger charge is 2.14. The molecular formula is C17H18BrNO. The number of aryl methyl sites for hydroxylation is 3. The molecule has 0 bridgehead atoms. The highest BCUT2D eigenvalue weighted by molar-refractivity contribution is 9.10. The zero-order valence-electron chi connectivity index (χ0n) is 12.0. The molecule has 0 radical (unpaired) electrons. The van der Waals surface area contributed by atoms with Crippen molar-refractivity contribution in [1.82, 2.24) is 0 Å². The van der Waals surface area contributed by atoms with Gasteiger partial charge in [0.2, 0.25) is 0 Å². The summed E-state index contributed by atoms with van der Waals surface area (Å²) in [5, 5.41) is 0. The standard InChI is InChI=1S/C17H18BrNO/c1-10-6-11(2)14(12(3)7-10)9-17(20)15-8-13(19)4-5-16(15)18/h4-8H,9,19H2,1-3H3. The normalized spacial score (nSPS) is 10.6. The molecular weight excluding hydrogens is 314 g/mol. The molecule has 0 amide bonds. The third-order valence-electron chi connectivity index (χ3n) is 3.47. The Labute approximate surface area is 128 Å². The summed E-state index contributed by atoms with van der Waals surface area (Å²) in [6, 6.07) is 9.56. The van der Waals surface area contributed by atoms with Crippen molar-refractivity contribution >= 4 is 27.4 Å². The number of carbonyl (C=O) groups excluding carboxylic acids is 1. The number of carbonyl (C=O) groups is 1. The Morgan fingerprint density at radius 1 is 1.10 bits per heavy atom. The summed E-state index contributed by atoms with van der Waals surface area (Å²) in [6.07, 6.45) is 0.403. The molecule has 0 aromatic heterocycles. The molecule has 104 valence electrons. The Morgan fingerprint density at radius 3 is 2.30 bits per heavy atom. The lowest BCUT2D eigenvalue weighted by Gasteiger charge is -2.11. The minimum Gasteiger partial charge on any atom is -0.399 e. The number of hydrogen-bond donors (Lipinski definition) is 1. The fourth-order valence-corrected chi connectivity index (χ4v) is 2.97. The van der Waals surface area contributed by atoms with E-state index in [9.17, 15) is 4.79 Å². The number of Topliss-reactive ketones (excluding diaryl/α,β-unsaturated/α-hetero) is 1. The quantitative estimate of drug-likeness (QED) is 0.669. The number of anilines is 1. The second kappa shape index (κ2) is 5.80. The maximum Gasteiger partial charge on any atom is 0.168 e. The van der Waals surface area contributed by atoms with Gasteiger partial charge in [0.1, 0.15) is 0 Å². The summed E-state index contributed by atoms with van der Waals surface area (Å²) in [7, 11) is 0. The van der Waals surface area contributed by atoms with E-state index in [1.807, 2.05) is 6.07 Å². The lowest BCUT2D eigenvalue weighted by Crippen LogP contribution is -2.08. The SMILES string of the molecule is Cc1cc(C)c(CC(=O)c2cc(N)ccc2Br)c(C)c1. The molecule has 0 atom stereocenters. The van der Waals surface area contributed by atoms with Crippen molar-refractivity contribution in [2.45, 2.75) is 27.2 Å². The number of ketones is 1. The summed E-state index contributed by atoms with van der Waals surface area (Å²) < 4.78 is 0.791. The van der Waals surface area contributed by atoms with Gasteiger partial charge in [0.15, 0.2) is 5.78 Å². The summed E-state index contributed by atoms with van der Waals surface area (Å²) in [5.41, 5.74) is 11.7. The molecule has 0 aliphatic carbocycles. The van der Waals surface area contributed by atoms with E-state index in [4.69, 9.17) is 5.73 Å². The first-order valence-electron chi connectivity index (χ1n) is 6.53. The number of rotatable bonds is 3. The molecule has 0 aliphatic heterocycles. The predicted octanol–water partition coefficient (Wildman–Crippen LogP) is 4.38. The monoisotopic (exact) mass is 331 g/mol. The van der Waals surface area contributed by atoms with Crippen LogP contribution in [-0.2, 0) is 6.42 Å². The van der Waals surface area contributed by atoms with Gasteiger partial charge in [-0.3, -0.25) is 4.79 Å². The van der Waals surface area contributed by atoms with Crippen LogP contribution >= 0.6 is 15.9 Å². The van der Waals surface area contributed by atoms with Crippen LogP contribution in [0.4, 0.5) is 5.69 Å². The van der Waals surface area contributed by atoms with Crippen LogP contribution in [0.1, 0.15) is 32.6 Å². The van der Waals surface area contributed by atoms with Gasteiger partial charge in [0, 0.05) is 22.1 Å². The van der Waals surface area contributed by atoms with E-state index < -0.39 is 0 Å². The number of nitrogen functional groups attached to an aromatic ring is 1. The molecule has 0 heterocycles. The van der Waals surface area contributed by atoms with Crippen LogP contribution in [0.3, 0.4) is 0 Å². The highest BCUT2D eigenvalue weighted by Crippen LogP contribution is 2.23. The first-order chi connectivity index (χ1) is 9.38. The topological polar surface area (TPSA) is 43.1 Å². The Kier molecular flexibility index (Phi) is 4.29. The molecule has 2 N–H and O–H groups in total. The second-order valence-electron chi connectivity index (χ2n) is 5.22. The van der Waals surface area contributed by atoms with Crippen molar-refractivity contribution in [1.29, 1.82) is 0 Å². The maximum atomic E-state index is 12.5. The van der Waals surface area contributed by atoms with E-state index in [1.54, 1.807) is 12.1 Å². The van der Waals surface area contributed by atoms with E-state index in [2.05, 4.69) is 48.8 Å². The van der Waals surface area contributed by atoms with Crippen LogP contribution in [-0.4, -0.2) is 5.78 Å².